The van der Waals surface area contributed by atoms with E-state index in [2.05, 4.69) is 0 Å². The van der Waals surface area contributed by atoms with Gasteiger partial charge in [-0.1, -0.05) is 60.2 Å². The van der Waals surface area contributed by atoms with Gasteiger partial charge in [-0.05, 0) is 25.0 Å². The number of hydrogen-bond donors (Lipinski definition) is 0. The lowest BCUT2D eigenvalue weighted by atomic mass is 10.2. The Labute approximate surface area is 144 Å². The molecule has 0 N–H and O–H groups in total. The molecular weight excluding hydrogens is 322 g/mol. The average Bonchev–Trinajstić information content (AvgIpc) is 2.54. The molecule has 0 aliphatic heterocycles. The Morgan fingerprint density at radius 3 is 2.29 bits per heavy atom. The summed E-state index contributed by atoms with van der Waals surface area (Å²) in [6, 6.07) is 16.9. The minimum atomic E-state index is -3.56. The number of benzene rings is 2. The molecule has 24 heavy (non-hydrogen) atoms. The number of sulfone groups is 1. The fourth-order valence-electron chi connectivity index (χ4n) is 2.56. The molecule has 5 heteroatoms. The fraction of sp³-hybridized carbons (Fsp3) is 0.316. The van der Waals surface area contributed by atoms with Crippen LogP contribution in [-0.2, 0) is 26.9 Å². The molecule has 0 fully saturated rings. The highest BCUT2D eigenvalue weighted by Gasteiger charge is 2.30. The normalized spacial score (nSPS) is 12.6. The van der Waals surface area contributed by atoms with Gasteiger partial charge in [0.1, 0.15) is 5.25 Å². The van der Waals surface area contributed by atoms with E-state index in [0.29, 0.717) is 12.1 Å². The van der Waals surface area contributed by atoms with Gasteiger partial charge in [-0.2, -0.15) is 0 Å². The highest BCUT2D eigenvalue weighted by Crippen LogP contribution is 2.15. The van der Waals surface area contributed by atoms with Crippen LogP contribution in [0.1, 0.15) is 23.6 Å². The van der Waals surface area contributed by atoms with Crippen molar-refractivity contribution in [1.29, 1.82) is 0 Å². The van der Waals surface area contributed by atoms with Gasteiger partial charge in [0.25, 0.3) is 0 Å². The Kier molecular flexibility index (Phi) is 5.78. The molecule has 0 aromatic heterocycles. The molecule has 4 nitrogen and oxygen atoms in total. The quantitative estimate of drug-likeness (QED) is 0.809. The number of carbonyl (C=O) groups excluding carboxylic acids is 1. The topological polar surface area (TPSA) is 54.5 Å². The predicted molar refractivity (Wildman–Crippen MR) is 96.2 cm³/mol. The summed E-state index contributed by atoms with van der Waals surface area (Å²) >= 11 is 0. The fourth-order valence-corrected chi connectivity index (χ4v) is 3.94. The van der Waals surface area contributed by atoms with Crippen molar-refractivity contribution < 1.29 is 13.2 Å². The molecule has 0 heterocycles. The van der Waals surface area contributed by atoms with E-state index in [4.69, 9.17) is 0 Å². The van der Waals surface area contributed by atoms with Crippen LogP contribution in [0.25, 0.3) is 0 Å². The third-order valence-electron chi connectivity index (χ3n) is 3.98. The molecule has 1 atom stereocenters. The second-order valence-corrected chi connectivity index (χ2v) is 8.44. The highest BCUT2D eigenvalue weighted by atomic mass is 32.2. The lowest BCUT2D eigenvalue weighted by Crippen LogP contribution is -2.39. The molecule has 0 spiro atoms. The van der Waals surface area contributed by atoms with Crippen LogP contribution in [0.15, 0.2) is 54.6 Å². The predicted octanol–water partition coefficient (Wildman–Crippen LogP) is 2.96. The summed E-state index contributed by atoms with van der Waals surface area (Å²) in [6.07, 6.45) is 0. The molecule has 2 aromatic rings. The van der Waals surface area contributed by atoms with Crippen LogP contribution in [-0.4, -0.2) is 31.5 Å². The van der Waals surface area contributed by atoms with Gasteiger partial charge in [-0.3, -0.25) is 4.79 Å². The van der Waals surface area contributed by atoms with Gasteiger partial charge in [0, 0.05) is 13.6 Å². The van der Waals surface area contributed by atoms with Crippen LogP contribution in [0.5, 0.6) is 0 Å². The molecule has 0 aliphatic rings. The zero-order chi connectivity index (χ0) is 17.7. The first-order valence-corrected chi connectivity index (χ1v) is 9.57. The van der Waals surface area contributed by atoms with E-state index in [1.54, 1.807) is 13.1 Å². The standard InChI is InChI=1S/C19H23NO3S/c1-15-8-7-11-18(12-15)14-24(22,23)16(2)19(21)20(3)13-17-9-5-4-6-10-17/h4-12,16H,13-14H2,1-3H3/t16-/m0/s1. The maximum atomic E-state index is 12.6. The molecule has 128 valence electrons. The first-order valence-electron chi connectivity index (χ1n) is 7.85. The Balaban J connectivity index is 2.08. The van der Waals surface area contributed by atoms with Crippen molar-refractivity contribution in [3.8, 4) is 0 Å². The van der Waals surface area contributed by atoms with Crippen LogP contribution >= 0.6 is 0 Å². The first-order chi connectivity index (χ1) is 11.3. The van der Waals surface area contributed by atoms with Crippen molar-refractivity contribution >= 4 is 15.7 Å². The van der Waals surface area contributed by atoms with Crippen LogP contribution < -0.4 is 0 Å². The van der Waals surface area contributed by atoms with Crippen LogP contribution in [0.3, 0.4) is 0 Å². The molecule has 2 rings (SSSR count). The minimum absolute atomic E-state index is 0.124. The molecule has 0 bridgehead atoms. The largest absolute Gasteiger partial charge is 0.340 e. The number of rotatable bonds is 6. The Bertz CT molecular complexity index is 800. The maximum absolute atomic E-state index is 12.6. The molecule has 1 amide bonds. The Morgan fingerprint density at radius 1 is 1.04 bits per heavy atom. The summed E-state index contributed by atoms with van der Waals surface area (Å²) in [6.45, 7) is 3.78. The minimum Gasteiger partial charge on any atom is -0.340 e. The van der Waals surface area contributed by atoms with E-state index < -0.39 is 15.1 Å². The van der Waals surface area contributed by atoms with Gasteiger partial charge in [0.2, 0.25) is 5.91 Å². The van der Waals surface area contributed by atoms with Crippen molar-refractivity contribution in [2.24, 2.45) is 0 Å². The van der Waals surface area contributed by atoms with Crippen molar-refractivity contribution in [2.45, 2.75) is 31.4 Å². The van der Waals surface area contributed by atoms with E-state index >= 15 is 0 Å². The smallest absolute Gasteiger partial charge is 0.240 e. The van der Waals surface area contributed by atoms with Crippen molar-refractivity contribution in [3.05, 3.63) is 71.3 Å². The Hall–Kier alpha value is -2.14. The summed E-state index contributed by atoms with van der Waals surface area (Å²) in [4.78, 5) is 14.0. The SMILES string of the molecule is Cc1cccc(CS(=O)(=O)[C@@H](C)C(=O)N(C)Cc2ccccc2)c1. The highest BCUT2D eigenvalue weighted by molar-refractivity contribution is 7.92. The number of hydrogen-bond acceptors (Lipinski definition) is 3. The molecule has 0 unspecified atom stereocenters. The lowest BCUT2D eigenvalue weighted by Gasteiger charge is -2.21. The van der Waals surface area contributed by atoms with Crippen LogP contribution in [0, 0.1) is 6.92 Å². The summed E-state index contributed by atoms with van der Waals surface area (Å²) in [5, 5.41) is -1.06. The average molecular weight is 345 g/mol. The number of aryl methyl sites for hydroxylation is 1. The van der Waals surface area contributed by atoms with Gasteiger partial charge < -0.3 is 4.90 Å². The molecule has 0 aliphatic carbocycles. The number of amides is 1. The van der Waals surface area contributed by atoms with E-state index in [-0.39, 0.29) is 11.7 Å². The summed E-state index contributed by atoms with van der Waals surface area (Å²) < 4.78 is 25.1. The first kappa shape index (κ1) is 18.2. The van der Waals surface area contributed by atoms with Crippen molar-refractivity contribution in [1.82, 2.24) is 4.90 Å². The van der Waals surface area contributed by atoms with E-state index in [0.717, 1.165) is 11.1 Å². The van der Waals surface area contributed by atoms with E-state index in [1.807, 2.05) is 55.5 Å². The maximum Gasteiger partial charge on any atom is 0.240 e. The Morgan fingerprint density at radius 2 is 1.67 bits per heavy atom. The third kappa shape index (κ3) is 4.68. The van der Waals surface area contributed by atoms with Gasteiger partial charge in [-0.25, -0.2) is 8.42 Å². The zero-order valence-corrected chi connectivity index (χ0v) is 15.1. The summed E-state index contributed by atoms with van der Waals surface area (Å²) in [7, 11) is -1.92. The van der Waals surface area contributed by atoms with Crippen molar-refractivity contribution in [3.63, 3.8) is 0 Å². The van der Waals surface area contributed by atoms with Crippen molar-refractivity contribution in [2.75, 3.05) is 7.05 Å². The third-order valence-corrected chi connectivity index (χ3v) is 5.99. The van der Waals surface area contributed by atoms with Gasteiger partial charge in [0.15, 0.2) is 9.84 Å². The van der Waals surface area contributed by atoms with Crippen LogP contribution in [0.4, 0.5) is 0 Å². The molecule has 2 aromatic carbocycles. The van der Waals surface area contributed by atoms with Crippen LogP contribution in [0.2, 0.25) is 0 Å². The second kappa shape index (κ2) is 7.62. The van der Waals surface area contributed by atoms with E-state index in [1.165, 1.54) is 11.8 Å². The van der Waals surface area contributed by atoms with Gasteiger partial charge in [-0.15, -0.1) is 0 Å². The van der Waals surface area contributed by atoms with Gasteiger partial charge >= 0.3 is 0 Å². The molecule has 0 radical (unpaired) electrons. The number of carbonyl (C=O) groups is 1. The molecule has 0 saturated carbocycles. The number of nitrogens with zero attached hydrogens (tertiary/aromatic N) is 1. The summed E-state index contributed by atoms with van der Waals surface area (Å²) in [5.41, 5.74) is 2.68. The van der Waals surface area contributed by atoms with Gasteiger partial charge in [0.05, 0.1) is 5.75 Å². The monoisotopic (exact) mass is 345 g/mol. The molecular formula is C19H23NO3S. The summed E-state index contributed by atoms with van der Waals surface area (Å²) in [5.74, 6) is -0.507. The molecule has 0 saturated heterocycles. The van der Waals surface area contributed by atoms with E-state index in [9.17, 15) is 13.2 Å². The second-order valence-electron chi connectivity index (χ2n) is 6.12. The zero-order valence-electron chi connectivity index (χ0n) is 14.3. The lowest BCUT2D eigenvalue weighted by molar-refractivity contribution is -0.129.